The lowest BCUT2D eigenvalue weighted by Gasteiger charge is -2.16. The van der Waals surface area contributed by atoms with Gasteiger partial charge in [0.1, 0.15) is 6.04 Å². The molecule has 8 heteroatoms. The maximum atomic E-state index is 5.59. The summed E-state index contributed by atoms with van der Waals surface area (Å²) in [6.07, 6.45) is 1.70. The number of hydrogen-bond acceptors (Lipinski definition) is 6. The van der Waals surface area contributed by atoms with Crippen molar-refractivity contribution in [3.8, 4) is 5.88 Å². The average molecular weight is 313 g/mol. The summed E-state index contributed by atoms with van der Waals surface area (Å²) in [7, 11) is 3.38. The van der Waals surface area contributed by atoms with Gasteiger partial charge in [0.15, 0.2) is 0 Å². The Hall–Kier alpha value is -1.51. The molecule has 7 nitrogen and oxygen atoms in total. The van der Waals surface area contributed by atoms with Gasteiger partial charge in [-0.3, -0.25) is 10.5 Å². The number of rotatable bonds is 4. The Morgan fingerprint density at radius 3 is 2.67 bits per heavy atom. The number of ether oxygens (including phenoxy) is 1. The standard InChI is InChI=1S/C10H13BrN6O/c1-17-10(6(11)5-13-17)9(14-12)7-3-4-8(18-2)16-15-7/h3-5,9,14H,12H2,1-2H3. The van der Waals surface area contributed by atoms with Gasteiger partial charge in [-0.15, -0.1) is 10.2 Å². The quantitative estimate of drug-likeness (QED) is 0.632. The molecule has 0 aliphatic heterocycles. The highest BCUT2D eigenvalue weighted by atomic mass is 79.9. The summed E-state index contributed by atoms with van der Waals surface area (Å²) >= 11 is 3.43. The van der Waals surface area contributed by atoms with Gasteiger partial charge < -0.3 is 4.74 Å². The van der Waals surface area contributed by atoms with E-state index in [1.807, 2.05) is 7.05 Å². The molecule has 0 amide bonds. The van der Waals surface area contributed by atoms with Crippen LogP contribution in [0.1, 0.15) is 17.4 Å². The summed E-state index contributed by atoms with van der Waals surface area (Å²) in [5, 5.41) is 12.1. The van der Waals surface area contributed by atoms with E-state index in [0.717, 1.165) is 10.2 Å². The van der Waals surface area contributed by atoms with Crippen molar-refractivity contribution in [1.29, 1.82) is 0 Å². The number of aromatic nitrogens is 4. The van der Waals surface area contributed by atoms with Gasteiger partial charge in [0.05, 0.1) is 29.2 Å². The lowest BCUT2D eigenvalue weighted by Crippen LogP contribution is -2.31. The zero-order valence-electron chi connectivity index (χ0n) is 9.96. The zero-order chi connectivity index (χ0) is 13.1. The molecule has 0 aliphatic carbocycles. The fraction of sp³-hybridized carbons (Fsp3) is 0.300. The van der Waals surface area contributed by atoms with Gasteiger partial charge >= 0.3 is 0 Å². The molecule has 1 unspecified atom stereocenters. The SMILES string of the molecule is COc1ccc(C(NN)c2c(Br)cnn2C)nn1. The van der Waals surface area contributed by atoms with Crippen molar-refractivity contribution in [2.24, 2.45) is 12.9 Å². The predicted molar refractivity (Wildman–Crippen MR) is 68.7 cm³/mol. The number of nitrogens with one attached hydrogen (secondary N) is 1. The van der Waals surface area contributed by atoms with E-state index in [4.69, 9.17) is 10.6 Å². The summed E-state index contributed by atoms with van der Waals surface area (Å²) in [5.41, 5.74) is 4.26. The van der Waals surface area contributed by atoms with Crippen molar-refractivity contribution in [3.63, 3.8) is 0 Å². The van der Waals surface area contributed by atoms with Crippen LogP contribution in [-0.2, 0) is 7.05 Å². The van der Waals surface area contributed by atoms with Crippen LogP contribution >= 0.6 is 15.9 Å². The first-order valence-corrected chi connectivity index (χ1v) is 5.97. The Kier molecular flexibility index (Phi) is 3.90. The number of halogens is 1. The maximum absolute atomic E-state index is 5.59. The van der Waals surface area contributed by atoms with Crippen LogP contribution < -0.4 is 16.0 Å². The van der Waals surface area contributed by atoms with Crippen LogP contribution in [0.5, 0.6) is 5.88 Å². The van der Waals surface area contributed by atoms with Crippen LogP contribution in [0, 0.1) is 0 Å². The first kappa shape index (κ1) is 12.9. The van der Waals surface area contributed by atoms with E-state index in [0.29, 0.717) is 11.6 Å². The van der Waals surface area contributed by atoms with Gasteiger partial charge in [-0.1, -0.05) is 0 Å². The van der Waals surface area contributed by atoms with Crippen molar-refractivity contribution in [3.05, 3.63) is 34.2 Å². The lowest BCUT2D eigenvalue weighted by atomic mass is 10.1. The Bertz CT molecular complexity index is 506. The number of hydrazine groups is 1. The Morgan fingerprint density at radius 1 is 1.44 bits per heavy atom. The van der Waals surface area contributed by atoms with Gasteiger partial charge in [-0.25, -0.2) is 5.43 Å². The van der Waals surface area contributed by atoms with Crippen LogP contribution in [-0.4, -0.2) is 27.1 Å². The van der Waals surface area contributed by atoms with E-state index >= 15 is 0 Å². The van der Waals surface area contributed by atoms with E-state index in [-0.39, 0.29) is 6.04 Å². The summed E-state index contributed by atoms with van der Waals surface area (Å²) in [4.78, 5) is 0. The molecule has 2 rings (SSSR count). The summed E-state index contributed by atoms with van der Waals surface area (Å²) < 4.78 is 7.54. The second kappa shape index (κ2) is 5.42. The predicted octanol–water partition coefficient (Wildman–Crippen LogP) is 0.534. The molecule has 3 N–H and O–H groups in total. The highest BCUT2D eigenvalue weighted by Gasteiger charge is 2.21. The molecule has 0 aliphatic rings. The molecule has 2 aromatic heterocycles. The molecule has 1 atom stereocenters. The number of methoxy groups -OCH3 is 1. The third kappa shape index (κ3) is 2.35. The highest BCUT2D eigenvalue weighted by molar-refractivity contribution is 9.10. The smallest absolute Gasteiger partial charge is 0.233 e. The van der Waals surface area contributed by atoms with Gasteiger partial charge in [-0.05, 0) is 22.0 Å². The Balaban J connectivity index is 2.39. The Labute approximate surface area is 112 Å². The molecule has 0 spiro atoms. The second-order valence-corrected chi connectivity index (χ2v) is 4.46. The Morgan fingerprint density at radius 2 is 2.22 bits per heavy atom. The topological polar surface area (TPSA) is 90.9 Å². The van der Waals surface area contributed by atoms with E-state index < -0.39 is 0 Å². The molecule has 0 saturated heterocycles. The molecule has 0 aromatic carbocycles. The number of aryl methyl sites for hydroxylation is 1. The summed E-state index contributed by atoms with van der Waals surface area (Å²) in [5.74, 6) is 6.05. The summed E-state index contributed by atoms with van der Waals surface area (Å²) in [6, 6.07) is 3.23. The summed E-state index contributed by atoms with van der Waals surface area (Å²) in [6.45, 7) is 0. The van der Waals surface area contributed by atoms with Gasteiger partial charge in [0.2, 0.25) is 5.88 Å². The third-order valence-electron chi connectivity index (χ3n) is 2.54. The van der Waals surface area contributed by atoms with Crippen LogP contribution in [0.2, 0.25) is 0 Å². The molecule has 96 valence electrons. The van der Waals surface area contributed by atoms with E-state index in [9.17, 15) is 0 Å². The molecule has 2 heterocycles. The first-order valence-electron chi connectivity index (χ1n) is 5.18. The molecule has 2 aromatic rings. The number of hydrogen-bond donors (Lipinski definition) is 2. The van der Waals surface area contributed by atoms with E-state index in [1.165, 1.54) is 0 Å². The van der Waals surface area contributed by atoms with Crippen molar-refractivity contribution < 1.29 is 4.74 Å². The van der Waals surface area contributed by atoms with E-state index in [1.54, 1.807) is 30.1 Å². The van der Waals surface area contributed by atoms with Crippen molar-refractivity contribution in [1.82, 2.24) is 25.4 Å². The highest BCUT2D eigenvalue weighted by Crippen LogP contribution is 2.26. The van der Waals surface area contributed by atoms with Crippen LogP contribution in [0.3, 0.4) is 0 Å². The lowest BCUT2D eigenvalue weighted by molar-refractivity contribution is 0.390. The van der Waals surface area contributed by atoms with Gasteiger partial charge in [0.25, 0.3) is 0 Å². The van der Waals surface area contributed by atoms with E-state index in [2.05, 4.69) is 36.7 Å². The molecule has 18 heavy (non-hydrogen) atoms. The maximum Gasteiger partial charge on any atom is 0.233 e. The van der Waals surface area contributed by atoms with Gasteiger partial charge in [-0.2, -0.15) is 5.10 Å². The van der Waals surface area contributed by atoms with Crippen molar-refractivity contribution >= 4 is 15.9 Å². The first-order chi connectivity index (χ1) is 8.67. The van der Waals surface area contributed by atoms with Crippen LogP contribution in [0.4, 0.5) is 0 Å². The van der Waals surface area contributed by atoms with Crippen molar-refractivity contribution in [2.45, 2.75) is 6.04 Å². The third-order valence-corrected chi connectivity index (χ3v) is 3.15. The second-order valence-electron chi connectivity index (χ2n) is 3.60. The molecular weight excluding hydrogens is 300 g/mol. The largest absolute Gasteiger partial charge is 0.480 e. The fourth-order valence-corrected chi connectivity index (χ4v) is 2.22. The van der Waals surface area contributed by atoms with Crippen LogP contribution in [0.15, 0.2) is 22.8 Å². The minimum Gasteiger partial charge on any atom is -0.480 e. The minimum atomic E-state index is -0.301. The molecular formula is C10H13BrN6O. The zero-order valence-corrected chi connectivity index (χ0v) is 11.5. The average Bonchev–Trinajstić information content (AvgIpc) is 2.72. The number of nitrogens with two attached hydrogens (primary N) is 1. The fourth-order valence-electron chi connectivity index (χ4n) is 1.64. The monoisotopic (exact) mass is 312 g/mol. The normalized spacial score (nSPS) is 12.4. The molecule has 0 bridgehead atoms. The van der Waals surface area contributed by atoms with Crippen molar-refractivity contribution in [2.75, 3.05) is 7.11 Å². The van der Waals surface area contributed by atoms with Gasteiger partial charge in [0, 0.05) is 13.1 Å². The molecule has 0 radical (unpaired) electrons. The molecule has 0 saturated carbocycles. The molecule has 0 fully saturated rings. The number of nitrogens with zero attached hydrogens (tertiary/aromatic N) is 4. The minimum absolute atomic E-state index is 0.301. The van der Waals surface area contributed by atoms with Crippen LogP contribution in [0.25, 0.3) is 0 Å².